The maximum atomic E-state index is 13.1. The molecule has 1 fully saturated rings. The van der Waals surface area contributed by atoms with Gasteiger partial charge in [0.2, 0.25) is 5.95 Å². The second-order valence-corrected chi connectivity index (χ2v) is 7.96. The Hall–Kier alpha value is -2.74. The number of urea groups is 1. The van der Waals surface area contributed by atoms with Crippen LogP contribution < -0.4 is 15.4 Å². The molecule has 1 aliphatic rings. The van der Waals surface area contributed by atoms with Crippen LogP contribution in [0.2, 0.25) is 0 Å². The summed E-state index contributed by atoms with van der Waals surface area (Å²) in [7, 11) is 0. The van der Waals surface area contributed by atoms with Gasteiger partial charge in [-0.15, -0.1) is 5.10 Å². The molecule has 2 heterocycles. The summed E-state index contributed by atoms with van der Waals surface area (Å²) in [5, 5.41) is 13.7. The molecule has 1 aromatic heterocycles. The van der Waals surface area contributed by atoms with Crippen LogP contribution >= 0.6 is 0 Å². The Kier molecular flexibility index (Phi) is 7.96. The number of hydrogen-bond acceptors (Lipinski definition) is 5. The summed E-state index contributed by atoms with van der Waals surface area (Å²) in [5.74, 6) is 0.665. The molecule has 1 aromatic carbocycles. The zero-order valence-corrected chi connectivity index (χ0v) is 17.6. The van der Waals surface area contributed by atoms with Gasteiger partial charge in [0.05, 0.1) is 18.8 Å². The van der Waals surface area contributed by atoms with Crippen molar-refractivity contribution in [3.05, 3.63) is 53.6 Å². The van der Waals surface area contributed by atoms with E-state index in [4.69, 9.17) is 4.74 Å². The number of carbonyl (C=O) groups excluding carboxylic acids is 1. The standard InChI is InChI=1S/C22H30FN5O2/c1-16(2)15-30-20-6-3-17(4-7-20)13-25-22(29)28(19-9-11-24-12-10-19)14-18-5-8-21(23)27-26-18/h3-8,16,19,24H,9-15H2,1-2H3,(H,25,29). The van der Waals surface area contributed by atoms with E-state index in [0.29, 0.717) is 31.3 Å². The lowest BCUT2D eigenvalue weighted by molar-refractivity contribution is 0.152. The molecule has 0 atom stereocenters. The first kappa shape index (κ1) is 22.0. The molecule has 2 aromatic rings. The van der Waals surface area contributed by atoms with E-state index in [1.54, 1.807) is 11.0 Å². The highest BCUT2D eigenvalue weighted by Crippen LogP contribution is 2.16. The number of rotatable bonds is 8. The fourth-order valence-corrected chi connectivity index (χ4v) is 3.33. The monoisotopic (exact) mass is 415 g/mol. The van der Waals surface area contributed by atoms with Gasteiger partial charge in [-0.25, -0.2) is 4.79 Å². The molecule has 3 rings (SSSR count). The average molecular weight is 416 g/mol. The number of benzene rings is 1. The van der Waals surface area contributed by atoms with Gasteiger partial charge in [0.15, 0.2) is 0 Å². The molecule has 0 saturated carbocycles. The molecule has 2 N–H and O–H groups in total. The van der Waals surface area contributed by atoms with Gasteiger partial charge in [0.25, 0.3) is 0 Å². The number of carbonyl (C=O) groups is 1. The molecule has 0 spiro atoms. The lowest BCUT2D eigenvalue weighted by Gasteiger charge is -2.34. The van der Waals surface area contributed by atoms with Crippen LogP contribution in [0.1, 0.15) is 37.9 Å². The van der Waals surface area contributed by atoms with E-state index in [1.807, 2.05) is 24.3 Å². The van der Waals surface area contributed by atoms with Crippen LogP contribution in [0.3, 0.4) is 0 Å². The third kappa shape index (κ3) is 6.66. The first-order valence-corrected chi connectivity index (χ1v) is 10.5. The molecule has 162 valence electrons. The molecule has 1 saturated heterocycles. The molecule has 0 aliphatic carbocycles. The quantitative estimate of drug-likeness (QED) is 0.693. The van der Waals surface area contributed by atoms with Gasteiger partial charge in [-0.05, 0) is 61.7 Å². The predicted octanol–water partition coefficient (Wildman–Crippen LogP) is 3.11. The van der Waals surface area contributed by atoms with Crippen LogP contribution in [0.4, 0.5) is 9.18 Å². The van der Waals surface area contributed by atoms with E-state index < -0.39 is 5.95 Å². The number of ether oxygens (including phenoxy) is 1. The topological polar surface area (TPSA) is 79.4 Å². The Morgan fingerprint density at radius 3 is 2.57 bits per heavy atom. The fourth-order valence-electron chi connectivity index (χ4n) is 3.33. The van der Waals surface area contributed by atoms with Crippen LogP contribution in [-0.4, -0.2) is 46.9 Å². The lowest BCUT2D eigenvalue weighted by atomic mass is 10.0. The average Bonchev–Trinajstić information content (AvgIpc) is 2.77. The van der Waals surface area contributed by atoms with Crippen molar-refractivity contribution in [2.75, 3.05) is 19.7 Å². The van der Waals surface area contributed by atoms with Crippen molar-refractivity contribution in [3.8, 4) is 5.75 Å². The van der Waals surface area contributed by atoms with Crippen molar-refractivity contribution in [2.24, 2.45) is 5.92 Å². The number of piperidine rings is 1. The van der Waals surface area contributed by atoms with Gasteiger partial charge in [-0.2, -0.15) is 9.49 Å². The van der Waals surface area contributed by atoms with Crippen LogP contribution in [0.5, 0.6) is 5.75 Å². The Bertz CT molecular complexity index is 792. The lowest BCUT2D eigenvalue weighted by Crippen LogP contribution is -2.49. The summed E-state index contributed by atoms with van der Waals surface area (Å²) in [6.07, 6.45) is 1.73. The Morgan fingerprint density at radius 1 is 1.20 bits per heavy atom. The summed E-state index contributed by atoms with van der Waals surface area (Å²) >= 11 is 0. The molecule has 0 unspecified atom stereocenters. The first-order chi connectivity index (χ1) is 14.5. The minimum Gasteiger partial charge on any atom is -0.493 e. The van der Waals surface area contributed by atoms with Crippen LogP contribution in [0, 0.1) is 11.9 Å². The number of aromatic nitrogens is 2. The predicted molar refractivity (Wildman–Crippen MR) is 112 cm³/mol. The molecular weight excluding hydrogens is 385 g/mol. The van der Waals surface area contributed by atoms with Gasteiger partial charge in [-0.3, -0.25) is 0 Å². The SMILES string of the molecule is CC(C)COc1ccc(CNC(=O)N(Cc2ccc(F)nn2)C2CCNCC2)cc1. The summed E-state index contributed by atoms with van der Waals surface area (Å²) in [5.41, 5.74) is 1.56. The van der Waals surface area contributed by atoms with Gasteiger partial charge < -0.3 is 20.3 Å². The number of halogens is 1. The van der Waals surface area contributed by atoms with Crippen molar-refractivity contribution in [3.63, 3.8) is 0 Å². The molecule has 7 nitrogen and oxygen atoms in total. The molecule has 2 amide bonds. The van der Waals surface area contributed by atoms with E-state index in [2.05, 4.69) is 34.7 Å². The molecule has 1 aliphatic heterocycles. The Balaban J connectivity index is 1.60. The van der Waals surface area contributed by atoms with Crippen molar-refractivity contribution in [1.82, 2.24) is 25.7 Å². The van der Waals surface area contributed by atoms with Crippen LogP contribution in [0.25, 0.3) is 0 Å². The van der Waals surface area contributed by atoms with E-state index in [9.17, 15) is 9.18 Å². The summed E-state index contributed by atoms with van der Waals surface area (Å²) in [6.45, 7) is 7.33. The molecule has 0 bridgehead atoms. The Labute approximate surface area is 177 Å². The van der Waals surface area contributed by atoms with Crippen molar-refractivity contribution >= 4 is 6.03 Å². The molecule has 8 heteroatoms. The highest BCUT2D eigenvalue weighted by atomic mass is 19.1. The van der Waals surface area contributed by atoms with Gasteiger partial charge >= 0.3 is 6.03 Å². The van der Waals surface area contributed by atoms with Crippen molar-refractivity contribution in [1.29, 1.82) is 0 Å². The minimum absolute atomic E-state index is 0.102. The number of nitrogens with zero attached hydrogens (tertiary/aromatic N) is 3. The van der Waals surface area contributed by atoms with E-state index in [0.717, 1.165) is 37.2 Å². The zero-order valence-electron chi connectivity index (χ0n) is 17.6. The number of nitrogens with one attached hydrogen (secondary N) is 2. The maximum absolute atomic E-state index is 13.1. The highest BCUT2D eigenvalue weighted by Gasteiger charge is 2.26. The van der Waals surface area contributed by atoms with Crippen LogP contribution in [0.15, 0.2) is 36.4 Å². The smallest absolute Gasteiger partial charge is 0.318 e. The van der Waals surface area contributed by atoms with Crippen molar-refractivity contribution < 1.29 is 13.9 Å². The molecule has 0 radical (unpaired) electrons. The Morgan fingerprint density at radius 2 is 1.93 bits per heavy atom. The summed E-state index contributed by atoms with van der Waals surface area (Å²) < 4.78 is 18.8. The van der Waals surface area contributed by atoms with Gasteiger partial charge in [-0.1, -0.05) is 26.0 Å². The highest BCUT2D eigenvalue weighted by molar-refractivity contribution is 5.74. The van der Waals surface area contributed by atoms with Crippen LogP contribution in [-0.2, 0) is 13.1 Å². The zero-order chi connectivity index (χ0) is 21.3. The fraction of sp³-hybridized carbons (Fsp3) is 0.500. The second-order valence-electron chi connectivity index (χ2n) is 7.96. The normalized spacial score (nSPS) is 14.5. The number of amides is 2. The third-order valence-electron chi connectivity index (χ3n) is 4.98. The largest absolute Gasteiger partial charge is 0.493 e. The summed E-state index contributed by atoms with van der Waals surface area (Å²) in [6, 6.07) is 10.5. The van der Waals surface area contributed by atoms with Crippen molar-refractivity contribution in [2.45, 2.75) is 45.8 Å². The van der Waals surface area contributed by atoms with Gasteiger partial charge in [0, 0.05) is 12.6 Å². The first-order valence-electron chi connectivity index (χ1n) is 10.5. The van der Waals surface area contributed by atoms with E-state index in [-0.39, 0.29) is 12.1 Å². The number of hydrogen-bond donors (Lipinski definition) is 2. The maximum Gasteiger partial charge on any atom is 0.318 e. The second kappa shape index (κ2) is 10.9. The van der Waals surface area contributed by atoms with Gasteiger partial charge in [0.1, 0.15) is 5.75 Å². The summed E-state index contributed by atoms with van der Waals surface area (Å²) in [4.78, 5) is 14.8. The van der Waals surface area contributed by atoms with E-state index in [1.165, 1.54) is 6.07 Å². The third-order valence-corrected chi connectivity index (χ3v) is 4.98. The minimum atomic E-state index is -0.627. The molecule has 30 heavy (non-hydrogen) atoms. The molecular formula is C22H30FN5O2. The van der Waals surface area contributed by atoms with E-state index >= 15 is 0 Å².